The Morgan fingerprint density at radius 1 is 0.952 bits per heavy atom. The molecular weight excluding hydrogens is 536 g/mol. The fraction of sp³-hybridized carbons (Fsp3) is 0.562. The van der Waals surface area contributed by atoms with Crippen molar-refractivity contribution in [3.63, 3.8) is 0 Å². The van der Waals surface area contributed by atoms with Crippen LogP contribution in [0, 0.1) is 0 Å². The molecule has 2 aromatic rings. The molecule has 0 aliphatic carbocycles. The first kappa shape index (κ1) is 30.4. The maximum Gasteiger partial charge on any atom is 0.325 e. The third kappa shape index (κ3) is 8.29. The Labute approximate surface area is 248 Å². The van der Waals surface area contributed by atoms with Gasteiger partial charge in [0.2, 0.25) is 0 Å². The SMILES string of the molecule is CCOC(=O)CNC(=O)Nc1ccc([C@H]2O[C@@H](CN3CCC[C@H]3CN3CCCC3)C[C@@H](c3ccc(CO)cc3)O2)cc1. The smallest absolute Gasteiger partial charge is 0.325 e. The largest absolute Gasteiger partial charge is 0.465 e. The molecule has 2 aromatic carbocycles. The number of esters is 1. The zero-order chi connectivity index (χ0) is 29.3. The molecule has 0 unspecified atom stereocenters. The summed E-state index contributed by atoms with van der Waals surface area (Å²) in [4.78, 5) is 28.9. The number of rotatable bonds is 11. The molecule has 42 heavy (non-hydrogen) atoms. The van der Waals surface area contributed by atoms with E-state index in [9.17, 15) is 14.7 Å². The summed E-state index contributed by atoms with van der Waals surface area (Å²) in [5.74, 6) is -0.485. The van der Waals surface area contributed by atoms with Crippen LogP contribution in [0.5, 0.6) is 0 Å². The summed E-state index contributed by atoms with van der Waals surface area (Å²) < 4.78 is 17.9. The molecule has 3 fully saturated rings. The van der Waals surface area contributed by atoms with Crippen molar-refractivity contribution < 1.29 is 28.9 Å². The molecule has 10 nitrogen and oxygen atoms in total. The average Bonchev–Trinajstić information content (AvgIpc) is 3.69. The molecule has 10 heteroatoms. The number of hydrogen-bond acceptors (Lipinski definition) is 8. The summed E-state index contributed by atoms with van der Waals surface area (Å²) in [6.45, 7) is 7.32. The van der Waals surface area contributed by atoms with Crippen molar-refractivity contribution >= 4 is 17.7 Å². The van der Waals surface area contributed by atoms with Crippen LogP contribution in [0.15, 0.2) is 48.5 Å². The van der Waals surface area contributed by atoms with E-state index in [-0.39, 0.29) is 32.0 Å². The van der Waals surface area contributed by atoms with Crippen molar-refractivity contribution in [2.24, 2.45) is 0 Å². The molecule has 3 aliphatic rings. The van der Waals surface area contributed by atoms with Crippen LogP contribution in [0.3, 0.4) is 0 Å². The third-order valence-electron chi connectivity index (χ3n) is 8.36. The zero-order valence-corrected chi connectivity index (χ0v) is 24.5. The van der Waals surface area contributed by atoms with Crippen LogP contribution in [0.4, 0.5) is 10.5 Å². The van der Waals surface area contributed by atoms with Crippen LogP contribution >= 0.6 is 0 Å². The first-order chi connectivity index (χ1) is 20.5. The number of nitrogens with zero attached hydrogens (tertiary/aromatic N) is 2. The molecule has 3 heterocycles. The highest BCUT2D eigenvalue weighted by Gasteiger charge is 2.36. The van der Waals surface area contributed by atoms with Gasteiger partial charge < -0.3 is 34.9 Å². The lowest BCUT2D eigenvalue weighted by Crippen LogP contribution is -2.45. The predicted molar refractivity (Wildman–Crippen MR) is 159 cm³/mol. The molecular formula is C32H44N4O6. The molecule has 3 saturated heterocycles. The van der Waals surface area contributed by atoms with Crippen molar-refractivity contribution in [2.75, 3.05) is 51.2 Å². The van der Waals surface area contributed by atoms with Gasteiger partial charge in [-0.1, -0.05) is 36.4 Å². The van der Waals surface area contributed by atoms with Gasteiger partial charge in [0.25, 0.3) is 0 Å². The first-order valence-electron chi connectivity index (χ1n) is 15.3. The van der Waals surface area contributed by atoms with Crippen LogP contribution < -0.4 is 10.6 Å². The summed E-state index contributed by atoms with van der Waals surface area (Å²) in [6.07, 6.45) is 5.11. The van der Waals surface area contributed by atoms with E-state index in [2.05, 4.69) is 20.4 Å². The topological polar surface area (TPSA) is 113 Å². The fourth-order valence-corrected chi connectivity index (χ4v) is 6.16. The van der Waals surface area contributed by atoms with E-state index in [0.717, 1.165) is 42.7 Å². The van der Waals surface area contributed by atoms with E-state index in [0.29, 0.717) is 11.7 Å². The number of anilines is 1. The van der Waals surface area contributed by atoms with E-state index in [1.54, 1.807) is 19.1 Å². The number of amides is 2. The van der Waals surface area contributed by atoms with Gasteiger partial charge in [-0.15, -0.1) is 0 Å². The van der Waals surface area contributed by atoms with Gasteiger partial charge in [0.1, 0.15) is 6.54 Å². The quantitative estimate of drug-likeness (QED) is 0.343. The molecule has 2 amide bonds. The highest BCUT2D eigenvalue weighted by Crippen LogP contribution is 2.39. The van der Waals surface area contributed by atoms with Crippen molar-refractivity contribution in [1.82, 2.24) is 15.1 Å². The summed E-state index contributed by atoms with van der Waals surface area (Å²) >= 11 is 0. The number of carbonyl (C=O) groups excluding carboxylic acids is 2. The van der Waals surface area contributed by atoms with Crippen LogP contribution in [0.2, 0.25) is 0 Å². The maximum atomic E-state index is 12.2. The molecule has 4 atom stereocenters. The van der Waals surface area contributed by atoms with Crippen LogP contribution in [-0.2, 0) is 25.6 Å². The average molecular weight is 581 g/mol. The van der Waals surface area contributed by atoms with E-state index in [1.165, 1.54) is 38.8 Å². The van der Waals surface area contributed by atoms with Crippen molar-refractivity contribution in [3.8, 4) is 0 Å². The zero-order valence-electron chi connectivity index (χ0n) is 24.5. The summed E-state index contributed by atoms with van der Waals surface area (Å²) in [6, 6.07) is 15.4. The number of carbonyl (C=O) groups is 2. The van der Waals surface area contributed by atoms with E-state index >= 15 is 0 Å². The second-order valence-electron chi connectivity index (χ2n) is 11.4. The lowest BCUT2D eigenvalue weighted by molar-refractivity contribution is -0.253. The lowest BCUT2D eigenvalue weighted by Gasteiger charge is -2.39. The minimum absolute atomic E-state index is 0.00287. The van der Waals surface area contributed by atoms with Crippen molar-refractivity contribution in [2.45, 2.75) is 70.2 Å². The summed E-state index contributed by atoms with van der Waals surface area (Å²) in [7, 11) is 0. The van der Waals surface area contributed by atoms with Crippen LogP contribution in [0.25, 0.3) is 0 Å². The number of aliphatic hydroxyl groups is 1. The Hall–Kier alpha value is -3.02. The number of likely N-dealkylation sites (tertiary alicyclic amines) is 2. The Morgan fingerprint density at radius 3 is 2.40 bits per heavy atom. The number of urea groups is 1. The standard InChI is InChI=1S/C32H44N4O6/c1-2-40-30(38)19-33-32(39)34-26-13-11-25(12-14-26)31-41-28(18-29(42-31)24-9-7-23(22-37)8-10-24)21-36-17-5-6-27(36)20-35-15-3-4-16-35/h7-14,27-29,31,37H,2-6,15-22H2,1H3,(H2,33,34,39)/t27-,28+,29-,31-/m0/s1. The fourth-order valence-electron chi connectivity index (χ4n) is 6.16. The Kier molecular flexibility index (Phi) is 10.8. The number of benzene rings is 2. The van der Waals surface area contributed by atoms with Crippen molar-refractivity contribution in [1.29, 1.82) is 0 Å². The van der Waals surface area contributed by atoms with E-state index in [4.69, 9.17) is 14.2 Å². The van der Waals surface area contributed by atoms with E-state index < -0.39 is 18.3 Å². The number of aliphatic hydroxyl groups excluding tert-OH is 1. The summed E-state index contributed by atoms with van der Waals surface area (Å²) in [5, 5.41) is 14.7. The minimum Gasteiger partial charge on any atom is -0.465 e. The first-order valence-corrected chi connectivity index (χ1v) is 15.3. The molecule has 3 N–H and O–H groups in total. The van der Waals surface area contributed by atoms with Gasteiger partial charge in [-0.2, -0.15) is 0 Å². The normalized spacial score (nSPS) is 24.9. The lowest BCUT2D eigenvalue weighted by atomic mass is 9.99. The molecule has 228 valence electrons. The van der Waals surface area contributed by atoms with Gasteiger partial charge in [-0.25, -0.2) is 4.79 Å². The highest BCUT2D eigenvalue weighted by molar-refractivity contribution is 5.91. The highest BCUT2D eigenvalue weighted by atomic mass is 16.7. The Balaban J connectivity index is 1.25. The monoisotopic (exact) mass is 580 g/mol. The Morgan fingerprint density at radius 2 is 1.69 bits per heavy atom. The molecule has 5 rings (SSSR count). The van der Waals surface area contributed by atoms with Gasteiger partial charge >= 0.3 is 12.0 Å². The second-order valence-corrected chi connectivity index (χ2v) is 11.4. The van der Waals surface area contributed by atoms with Gasteiger partial charge in [0.15, 0.2) is 6.29 Å². The Bertz CT molecular complexity index is 1150. The second kappa shape index (κ2) is 14.9. The molecule has 0 radical (unpaired) electrons. The van der Waals surface area contributed by atoms with Gasteiger partial charge in [0, 0.05) is 36.8 Å². The van der Waals surface area contributed by atoms with Gasteiger partial charge in [-0.05, 0) is 75.5 Å². The number of nitrogens with one attached hydrogen (secondary N) is 2. The van der Waals surface area contributed by atoms with Gasteiger partial charge in [-0.3, -0.25) is 9.69 Å². The van der Waals surface area contributed by atoms with Crippen molar-refractivity contribution in [3.05, 3.63) is 65.2 Å². The number of ether oxygens (including phenoxy) is 3. The molecule has 0 bridgehead atoms. The third-order valence-corrected chi connectivity index (χ3v) is 8.36. The van der Waals surface area contributed by atoms with Crippen LogP contribution in [-0.4, -0.2) is 84.9 Å². The van der Waals surface area contributed by atoms with Crippen LogP contribution in [0.1, 0.15) is 68.1 Å². The number of hydrogen-bond donors (Lipinski definition) is 3. The minimum atomic E-state index is -0.558. The maximum absolute atomic E-state index is 12.2. The molecule has 0 saturated carbocycles. The predicted octanol–water partition coefficient (Wildman–Crippen LogP) is 3.97. The molecule has 3 aliphatic heterocycles. The molecule has 0 spiro atoms. The summed E-state index contributed by atoms with van der Waals surface area (Å²) in [5.41, 5.74) is 3.39. The van der Waals surface area contributed by atoms with E-state index in [1.807, 2.05) is 36.4 Å². The molecule has 0 aromatic heterocycles. The van der Waals surface area contributed by atoms with Gasteiger partial charge in [0.05, 0.1) is 25.4 Å².